The van der Waals surface area contributed by atoms with Crippen LogP contribution in [0, 0.1) is 0 Å². The van der Waals surface area contributed by atoms with Crippen LogP contribution in [0.15, 0.2) is 18.3 Å². The number of carbonyl (C=O) groups is 1. The van der Waals surface area contributed by atoms with Crippen LogP contribution in [0.2, 0.25) is 5.02 Å². The molecule has 0 aliphatic heterocycles. The summed E-state index contributed by atoms with van der Waals surface area (Å²) >= 11 is 5.75. The summed E-state index contributed by atoms with van der Waals surface area (Å²) in [6.07, 6.45) is 2.49. The maximum atomic E-state index is 11.8. The third-order valence-corrected chi connectivity index (χ3v) is 3.27. The third-order valence-electron chi connectivity index (χ3n) is 2.11. The summed E-state index contributed by atoms with van der Waals surface area (Å²) in [5.41, 5.74) is -0.607. The Bertz CT molecular complexity index is 572. The van der Waals surface area contributed by atoms with Crippen LogP contribution in [0.5, 0.6) is 0 Å². The number of aromatic nitrogens is 1. The minimum Gasteiger partial charge on any atom is -0.349 e. The Labute approximate surface area is 117 Å². The second kappa shape index (κ2) is 5.85. The Morgan fingerprint density at radius 2 is 2.11 bits per heavy atom. The Balaban J connectivity index is 2.64. The molecule has 0 fully saturated rings. The standard InChI is InChI=1S/C11H16ClN3O3S/c1-11(2,15-19(3,17)18)7-14-10(16)9-6-8(12)4-5-13-9/h4-6,15H,7H2,1-3H3,(H,14,16). The first-order valence-electron chi connectivity index (χ1n) is 5.48. The molecule has 0 aromatic carbocycles. The van der Waals surface area contributed by atoms with Crippen LogP contribution in [0.3, 0.4) is 0 Å². The topological polar surface area (TPSA) is 88.2 Å². The summed E-state index contributed by atoms with van der Waals surface area (Å²) < 4.78 is 24.7. The van der Waals surface area contributed by atoms with Gasteiger partial charge in [-0.15, -0.1) is 0 Å². The normalized spacial score (nSPS) is 12.2. The smallest absolute Gasteiger partial charge is 0.269 e. The van der Waals surface area contributed by atoms with Gasteiger partial charge in [0.2, 0.25) is 10.0 Å². The molecule has 0 aliphatic rings. The first-order chi connectivity index (χ1) is 8.59. The number of nitrogens with zero attached hydrogens (tertiary/aromatic N) is 1. The Hall–Kier alpha value is -1.18. The van der Waals surface area contributed by atoms with Gasteiger partial charge in [0, 0.05) is 23.3 Å². The summed E-state index contributed by atoms with van der Waals surface area (Å²) in [6, 6.07) is 3.00. The van der Waals surface area contributed by atoms with E-state index in [1.165, 1.54) is 12.3 Å². The van der Waals surface area contributed by atoms with Crippen LogP contribution in [-0.2, 0) is 10.0 Å². The lowest BCUT2D eigenvalue weighted by Gasteiger charge is -2.25. The van der Waals surface area contributed by atoms with Gasteiger partial charge < -0.3 is 5.32 Å². The molecule has 6 nitrogen and oxygen atoms in total. The summed E-state index contributed by atoms with van der Waals surface area (Å²) in [5, 5.41) is 3.01. The van der Waals surface area contributed by atoms with Gasteiger partial charge in [-0.2, -0.15) is 0 Å². The predicted molar refractivity (Wildman–Crippen MR) is 73.6 cm³/mol. The summed E-state index contributed by atoms with van der Waals surface area (Å²) in [5.74, 6) is -0.411. The van der Waals surface area contributed by atoms with Crippen LogP contribution in [-0.4, -0.2) is 37.6 Å². The highest BCUT2D eigenvalue weighted by Crippen LogP contribution is 2.08. The number of hydrogen-bond donors (Lipinski definition) is 2. The molecule has 0 atom stereocenters. The molecule has 106 valence electrons. The van der Waals surface area contributed by atoms with Crippen molar-refractivity contribution in [2.75, 3.05) is 12.8 Å². The van der Waals surface area contributed by atoms with Gasteiger partial charge in [0.05, 0.1) is 6.26 Å². The molecule has 0 saturated heterocycles. The number of amides is 1. The highest BCUT2D eigenvalue weighted by atomic mass is 35.5. The van der Waals surface area contributed by atoms with Gasteiger partial charge in [0.1, 0.15) is 5.69 Å². The van der Waals surface area contributed by atoms with Crippen LogP contribution in [0.25, 0.3) is 0 Å². The lowest BCUT2D eigenvalue weighted by molar-refractivity contribution is 0.0939. The number of rotatable bonds is 5. The molecule has 0 aliphatic carbocycles. The maximum absolute atomic E-state index is 11.8. The first kappa shape index (κ1) is 15.9. The van der Waals surface area contributed by atoms with Crippen molar-refractivity contribution >= 4 is 27.5 Å². The van der Waals surface area contributed by atoms with Crippen molar-refractivity contribution in [3.05, 3.63) is 29.0 Å². The molecular formula is C11H16ClN3O3S. The molecular weight excluding hydrogens is 290 g/mol. The average Bonchev–Trinajstić information content (AvgIpc) is 2.22. The van der Waals surface area contributed by atoms with E-state index in [1.54, 1.807) is 19.9 Å². The Morgan fingerprint density at radius 1 is 1.47 bits per heavy atom. The van der Waals surface area contributed by atoms with Crippen molar-refractivity contribution in [3.8, 4) is 0 Å². The van der Waals surface area contributed by atoms with E-state index in [9.17, 15) is 13.2 Å². The van der Waals surface area contributed by atoms with Gasteiger partial charge in [-0.25, -0.2) is 13.1 Å². The fourth-order valence-corrected chi connectivity index (χ4v) is 2.69. The average molecular weight is 306 g/mol. The molecule has 1 aromatic heterocycles. The highest BCUT2D eigenvalue weighted by molar-refractivity contribution is 7.88. The fraction of sp³-hybridized carbons (Fsp3) is 0.455. The Morgan fingerprint density at radius 3 is 2.63 bits per heavy atom. The number of hydrogen-bond acceptors (Lipinski definition) is 4. The number of sulfonamides is 1. The summed E-state index contributed by atoms with van der Waals surface area (Å²) in [4.78, 5) is 15.7. The van der Waals surface area contributed by atoms with Gasteiger partial charge in [-0.1, -0.05) is 11.6 Å². The van der Waals surface area contributed by atoms with E-state index < -0.39 is 21.5 Å². The molecule has 1 amide bonds. The number of carbonyl (C=O) groups excluding carboxylic acids is 1. The van der Waals surface area contributed by atoms with Crippen molar-refractivity contribution < 1.29 is 13.2 Å². The molecule has 1 aromatic rings. The van der Waals surface area contributed by atoms with E-state index in [4.69, 9.17) is 11.6 Å². The number of halogens is 1. The maximum Gasteiger partial charge on any atom is 0.269 e. The quantitative estimate of drug-likeness (QED) is 0.842. The van der Waals surface area contributed by atoms with Gasteiger partial charge in [-0.3, -0.25) is 9.78 Å². The van der Waals surface area contributed by atoms with E-state index >= 15 is 0 Å². The van der Waals surface area contributed by atoms with E-state index in [0.29, 0.717) is 5.02 Å². The SMILES string of the molecule is CC(C)(CNC(=O)c1cc(Cl)ccn1)NS(C)(=O)=O. The molecule has 19 heavy (non-hydrogen) atoms. The molecule has 1 rings (SSSR count). The van der Waals surface area contributed by atoms with Crippen LogP contribution < -0.4 is 10.0 Å². The number of pyridine rings is 1. The van der Waals surface area contributed by atoms with Crippen molar-refractivity contribution in [3.63, 3.8) is 0 Å². The highest BCUT2D eigenvalue weighted by Gasteiger charge is 2.23. The molecule has 0 spiro atoms. The lowest BCUT2D eigenvalue weighted by Crippen LogP contribution is -2.51. The first-order valence-corrected chi connectivity index (χ1v) is 7.75. The minimum atomic E-state index is -3.34. The van der Waals surface area contributed by atoms with E-state index in [1.807, 2.05) is 0 Å². The molecule has 0 radical (unpaired) electrons. The Kier molecular flexibility index (Phi) is 4.89. The minimum absolute atomic E-state index is 0.132. The molecule has 0 saturated carbocycles. The van der Waals surface area contributed by atoms with Crippen LogP contribution in [0.1, 0.15) is 24.3 Å². The van der Waals surface area contributed by atoms with E-state index in [0.717, 1.165) is 6.26 Å². The molecule has 1 heterocycles. The summed E-state index contributed by atoms with van der Waals surface area (Å²) in [6.45, 7) is 3.46. The second-order valence-electron chi connectivity index (χ2n) is 4.80. The molecule has 8 heteroatoms. The predicted octanol–water partition coefficient (Wildman–Crippen LogP) is 0.793. The van der Waals surface area contributed by atoms with Crippen LogP contribution >= 0.6 is 11.6 Å². The fourth-order valence-electron chi connectivity index (χ4n) is 1.46. The van der Waals surface area contributed by atoms with Gasteiger partial charge in [-0.05, 0) is 26.0 Å². The van der Waals surface area contributed by atoms with Gasteiger partial charge >= 0.3 is 0 Å². The van der Waals surface area contributed by atoms with Crippen LogP contribution in [0.4, 0.5) is 0 Å². The van der Waals surface area contributed by atoms with Crippen molar-refractivity contribution in [1.82, 2.24) is 15.0 Å². The molecule has 2 N–H and O–H groups in total. The lowest BCUT2D eigenvalue weighted by atomic mass is 10.1. The van der Waals surface area contributed by atoms with Crippen molar-refractivity contribution in [2.45, 2.75) is 19.4 Å². The largest absolute Gasteiger partial charge is 0.349 e. The third kappa shape index (κ3) is 6.00. The van der Waals surface area contributed by atoms with Crippen molar-refractivity contribution in [1.29, 1.82) is 0 Å². The monoisotopic (exact) mass is 305 g/mol. The number of nitrogens with one attached hydrogen (secondary N) is 2. The van der Waals surface area contributed by atoms with Crippen molar-refractivity contribution in [2.24, 2.45) is 0 Å². The zero-order valence-electron chi connectivity index (χ0n) is 10.9. The van der Waals surface area contributed by atoms with E-state index in [-0.39, 0.29) is 12.2 Å². The molecule has 0 bridgehead atoms. The van der Waals surface area contributed by atoms with Gasteiger partial charge in [0.25, 0.3) is 5.91 Å². The zero-order valence-corrected chi connectivity index (χ0v) is 12.5. The van der Waals surface area contributed by atoms with Gasteiger partial charge in [0.15, 0.2) is 0 Å². The molecule has 0 unspecified atom stereocenters. The summed E-state index contributed by atoms with van der Waals surface area (Å²) in [7, 11) is -3.34. The zero-order chi connectivity index (χ0) is 14.7. The second-order valence-corrected chi connectivity index (χ2v) is 6.98. The van der Waals surface area contributed by atoms with E-state index in [2.05, 4.69) is 15.0 Å².